The summed E-state index contributed by atoms with van der Waals surface area (Å²) in [5.41, 5.74) is -0.144. The molecule has 5 heteroatoms. The van der Waals surface area contributed by atoms with Gasteiger partial charge in [0.15, 0.2) is 0 Å². The number of anilines is 1. The van der Waals surface area contributed by atoms with Crippen LogP contribution < -0.4 is 5.32 Å². The topological polar surface area (TPSA) is 58.0 Å². The van der Waals surface area contributed by atoms with Gasteiger partial charge in [0, 0.05) is 4.88 Å². The van der Waals surface area contributed by atoms with Crippen LogP contribution in [0.4, 0.5) is 5.82 Å². The second-order valence-electron chi connectivity index (χ2n) is 5.99. The smallest absolute Gasteiger partial charge is 0.138 e. The first-order chi connectivity index (χ1) is 8.63. The minimum Gasteiger partial charge on any atom is -0.388 e. The van der Waals surface area contributed by atoms with Gasteiger partial charge in [0.1, 0.15) is 17.0 Å². The van der Waals surface area contributed by atoms with Crippen LogP contribution in [-0.2, 0) is 0 Å². The fourth-order valence-corrected chi connectivity index (χ4v) is 2.72. The largest absolute Gasteiger partial charge is 0.388 e. The lowest BCUT2D eigenvalue weighted by molar-refractivity contribution is 0.0239. The van der Waals surface area contributed by atoms with Crippen molar-refractivity contribution in [3.63, 3.8) is 0 Å². The third-order valence-electron chi connectivity index (χ3n) is 3.93. The van der Waals surface area contributed by atoms with Gasteiger partial charge in [-0.05, 0) is 47.1 Å². The van der Waals surface area contributed by atoms with Gasteiger partial charge in [-0.2, -0.15) is 0 Å². The zero-order chi connectivity index (χ0) is 14.4. The highest BCUT2D eigenvalue weighted by Gasteiger charge is 2.35. The molecule has 0 aromatic carbocycles. The second-order valence-corrected chi connectivity index (χ2v) is 7.20. The first kappa shape index (κ1) is 14.2. The number of aliphatic hydroxyl groups is 1. The van der Waals surface area contributed by atoms with Crippen molar-refractivity contribution in [3.05, 3.63) is 16.8 Å². The Labute approximate surface area is 117 Å². The van der Waals surface area contributed by atoms with Gasteiger partial charge < -0.3 is 10.4 Å². The van der Waals surface area contributed by atoms with Crippen molar-refractivity contribution in [3.8, 4) is 0 Å². The van der Waals surface area contributed by atoms with Crippen molar-refractivity contribution in [1.29, 1.82) is 0 Å². The highest BCUT2D eigenvalue weighted by molar-refractivity contribution is 7.18. The molecule has 0 radical (unpaired) electrons. The number of aromatic nitrogens is 2. The summed E-state index contributed by atoms with van der Waals surface area (Å²) in [6, 6.07) is 0. The number of rotatable bonds is 3. The molecule has 2 heterocycles. The van der Waals surface area contributed by atoms with Crippen LogP contribution in [0.15, 0.2) is 6.33 Å². The van der Waals surface area contributed by atoms with Gasteiger partial charge in [-0.1, -0.05) is 0 Å². The van der Waals surface area contributed by atoms with E-state index in [-0.39, 0.29) is 0 Å². The number of nitrogens with one attached hydrogen (secondary N) is 1. The van der Waals surface area contributed by atoms with E-state index in [0.29, 0.717) is 0 Å². The molecule has 0 aliphatic carbocycles. The van der Waals surface area contributed by atoms with E-state index in [1.807, 2.05) is 13.8 Å². The molecule has 0 aliphatic heterocycles. The Morgan fingerprint density at radius 2 is 1.79 bits per heavy atom. The maximum absolute atomic E-state index is 10.3. The van der Waals surface area contributed by atoms with Crippen molar-refractivity contribution in [1.82, 2.24) is 9.97 Å². The molecule has 104 valence electrons. The van der Waals surface area contributed by atoms with E-state index >= 15 is 0 Å². The SMILES string of the molecule is Cc1sc2ncnc(NC(C)(C)C(C)(C)O)c2c1C. The van der Waals surface area contributed by atoms with E-state index in [2.05, 4.69) is 29.1 Å². The van der Waals surface area contributed by atoms with Crippen molar-refractivity contribution >= 4 is 27.4 Å². The molecule has 0 fully saturated rings. The summed E-state index contributed by atoms with van der Waals surface area (Å²) in [6.45, 7) is 11.7. The zero-order valence-electron chi connectivity index (χ0n) is 12.3. The fraction of sp³-hybridized carbons (Fsp3) is 0.571. The minimum absolute atomic E-state index is 0.490. The Bertz CT molecular complexity index is 611. The molecule has 0 amide bonds. The molecule has 19 heavy (non-hydrogen) atoms. The van der Waals surface area contributed by atoms with Gasteiger partial charge in [0.2, 0.25) is 0 Å². The molecule has 2 rings (SSSR count). The molecule has 0 spiro atoms. The van der Waals surface area contributed by atoms with Crippen LogP contribution in [0.2, 0.25) is 0 Å². The van der Waals surface area contributed by atoms with E-state index < -0.39 is 11.1 Å². The summed E-state index contributed by atoms with van der Waals surface area (Å²) in [5, 5.41) is 14.7. The number of nitrogens with zero attached hydrogens (tertiary/aromatic N) is 2. The molecule has 0 unspecified atom stereocenters. The standard InChI is InChI=1S/C14H21N3OS/c1-8-9(2)19-12-10(8)11(15-7-16-12)17-13(3,4)14(5,6)18/h7,18H,1-6H3,(H,15,16,17). The lowest BCUT2D eigenvalue weighted by atomic mass is 9.86. The number of thiophene rings is 1. The third kappa shape index (κ3) is 2.44. The van der Waals surface area contributed by atoms with Gasteiger partial charge in [0.05, 0.1) is 16.5 Å². The lowest BCUT2D eigenvalue weighted by Gasteiger charge is -2.38. The number of fused-ring (bicyclic) bond motifs is 1. The van der Waals surface area contributed by atoms with Gasteiger partial charge in [-0.3, -0.25) is 0 Å². The number of hydrogen-bond donors (Lipinski definition) is 2. The number of hydrogen-bond acceptors (Lipinski definition) is 5. The van der Waals surface area contributed by atoms with Crippen LogP contribution in [-0.4, -0.2) is 26.2 Å². The van der Waals surface area contributed by atoms with Crippen LogP contribution in [0.25, 0.3) is 10.2 Å². The normalized spacial score (nSPS) is 13.0. The predicted octanol–water partition coefficient (Wildman–Crippen LogP) is 3.27. The summed E-state index contributed by atoms with van der Waals surface area (Å²) in [5.74, 6) is 0.791. The highest BCUT2D eigenvalue weighted by Crippen LogP contribution is 2.35. The van der Waals surface area contributed by atoms with E-state index in [1.54, 1.807) is 31.5 Å². The Hall–Kier alpha value is -1.20. The molecule has 0 aliphatic rings. The monoisotopic (exact) mass is 279 g/mol. The molecule has 2 N–H and O–H groups in total. The summed E-state index contributed by atoms with van der Waals surface area (Å²) >= 11 is 1.67. The molecular weight excluding hydrogens is 258 g/mol. The summed E-state index contributed by atoms with van der Waals surface area (Å²) in [7, 11) is 0. The summed E-state index contributed by atoms with van der Waals surface area (Å²) in [4.78, 5) is 10.9. The van der Waals surface area contributed by atoms with Gasteiger partial charge in [-0.15, -0.1) is 11.3 Å². The average Bonchev–Trinajstić information content (AvgIpc) is 2.54. The van der Waals surface area contributed by atoms with Gasteiger partial charge in [0.25, 0.3) is 0 Å². The first-order valence-electron chi connectivity index (χ1n) is 6.35. The van der Waals surface area contributed by atoms with Crippen molar-refractivity contribution in [2.45, 2.75) is 52.7 Å². The van der Waals surface area contributed by atoms with Crippen LogP contribution in [0.5, 0.6) is 0 Å². The molecule has 4 nitrogen and oxygen atoms in total. The predicted molar refractivity (Wildman–Crippen MR) is 80.9 cm³/mol. The molecule has 2 aromatic rings. The second kappa shape index (κ2) is 4.42. The molecule has 2 aromatic heterocycles. The van der Waals surface area contributed by atoms with Crippen molar-refractivity contribution in [2.24, 2.45) is 0 Å². The maximum Gasteiger partial charge on any atom is 0.138 e. The van der Waals surface area contributed by atoms with E-state index in [9.17, 15) is 5.11 Å². The van der Waals surface area contributed by atoms with Crippen LogP contribution >= 0.6 is 11.3 Å². The minimum atomic E-state index is -0.858. The average molecular weight is 279 g/mol. The van der Waals surface area contributed by atoms with Crippen molar-refractivity contribution < 1.29 is 5.11 Å². The third-order valence-corrected chi connectivity index (χ3v) is 5.04. The van der Waals surface area contributed by atoms with Crippen LogP contribution in [0.1, 0.15) is 38.1 Å². The van der Waals surface area contributed by atoms with Crippen LogP contribution in [0.3, 0.4) is 0 Å². The maximum atomic E-state index is 10.3. The highest BCUT2D eigenvalue weighted by atomic mass is 32.1. The Morgan fingerprint density at radius 1 is 1.16 bits per heavy atom. The van der Waals surface area contributed by atoms with Crippen molar-refractivity contribution in [2.75, 3.05) is 5.32 Å². The van der Waals surface area contributed by atoms with Crippen LogP contribution in [0, 0.1) is 13.8 Å². The zero-order valence-corrected chi connectivity index (χ0v) is 13.1. The lowest BCUT2D eigenvalue weighted by Crippen LogP contribution is -2.51. The summed E-state index contributed by atoms with van der Waals surface area (Å²) < 4.78 is 0. The first-order valence-corrected chi connectivity index (χ1v) is 7.16. The van der Waals surface area contributed by atoms with Gasteiger partial charge in [-0.25, -0.2) is 9.97 Å². The van der Waals surface area contributed by atoms with Gasteiger partial charge >= 0.3 is 0 Å². The molecule has 0 atom stereocenters. The quantitative estimate of drug-likeness (QED) is 0.905. The van der Waals surface area contributed by atoms with E-state index in [4.69, 9.17) is 0 Å². The van der Waals surface area contributed by atoms with E-state index in [1.165, 1.54) is 10.4 Å². The molecule has 0 bridgehead atoms. The Kier molecular flexibility index (Phi) is 3.31. The number of aryl methyl sites for hydroxylation is 2. The van der Waals surface area contributed by atoms with E-state index in [0.717, 1.165) is 16.0 Å². The Balaban J connectivity index is 2.53. The molecule has 0 saturated carbocycles. The molecule has 0 saturated heterocycles. The fourth-order valence-electron chi connectivity index (χ4n) is 1.73. The Morgan fingerprint density at radius 3 is 2.37 bits per heavy atom. The molecular formula is C14H21N3OS. The summed E-state index contributed by atoms with van der Waals surface area (Å²) in [6.07, 6.45) is 1.57.